The van der Waals surface area contributed by atoms with E-state index in [1.165, 1.54) is 11.3 Å². The van der Waals surface area contributed by atoms with E-state index < -0.39 is 0 Å². The average Bonchev–Trinajstić information content (AvgIpc) is 2.84. The van der Waals surface area contributed by atoms with Gasteiger partial charge < -0.3 is 4.74 Å². The zero-order valence-electron chi connectivity index (χ0n) is 11.2. The molecule has 2 rings (SSSR count). The van der Waals surface area contributed by atoms with Crippen molar-refractivity contribution in [2.75, 3.05) is 19.1 Å². The maximum atomic E-state index is 12.2. The monoisotopic (exact) mass is 276 g/mol. The van der Waals surface area contributed by atoms with Crippen LogP contribution in [-0.2, 0) is 11.2 Å². The van der Waals surface area contributed by atoms with Gasteiger partial charge in [-0.3, -0.25) is 9.69 Å². The van der Waals surface area contributed by atoms with Gasteiger partial charge in [-0.1, -0.05) is 12.1 Å². The first kappa shape index (κ1) is 13.5. The van der Waals surface area contributed by atoms with Crippen molar-refractivity contribution in [1.82, 2.24) is 4.98 Å². The molecule has 0 radical (unpaired) electrons. The predicted octanol–water partition coefficient (Wildman–Crippen LogP) is 2.67. The minimum Gasteiger partial charge on any atom is -0.497 e. The Balaban J connectivity index is 2.08. The van der Waals surface area contributed by atoms with Gasteiger partial charge in [0.1, 0.15) is 5.75 Å². The Kier molecular flexibility index (Phi) is 4.16. The lowest BCUT2D eigenvalue weighted by Crippen LogP contribution is -2.27. The predicted molar refractivity (Wildman–Crippen MR) is 77.0 cm³/mol. The first-order valence-corrected chi connectivity index (χ1v) is 6.79. The highest BCUT2D eigenvalue weighted by molar-refractivity contribution is 7.14. The maximum Gasteiger partial charge on any atom is 0.232 e. The standard InChI is InChI=1S/C14H16N2O2S/c1-10-9-19-14(15-10)16(2)13(17)8-11-5-4-6-12(7-11)18-3/h4-7,9H,8H2,1-3H3. The van der Waals surface area contributed by atoms with Crippen LogP contribution in [0.1, 0.15) is 11.3 Å². The quantitative estimate of drug-likeness (QED) is 0.862. The number of thiazole rings is 1. The Morgan fingerprint density at radius 1 is 1.47 bits per heavy atom. The molecule has 0 unspecified atom stereocenters. The third-order valence-electron chi connectivity index (χ3n) is 2.76. The fourth-order valence-electron chi connectivity index (χ4n) is 1.68. The molecular weight excluding hydrogens is 260 g/mol. The number of anilines is 1. The van der Waals surface area contributed by atoms with Gasteiger partial charge in [-0.05, 0) is 24.6 Å². The Morgan fingerprint density at radius 2 is 2.26 bits per heavy atom. The second-order valence-corrected chi connectivity index (χ2v) is 5.09. The number of hydrogen-bond donors (Lipinski definition) is 0. The number of ether oxygens (including phenoxy) is 1. The van der Waals surface area contributed by atoms with Gasteiger partial charge >= 0.3 is 0 Å². The van der Waals surface area contributed by atoms with E-state index in [4.69, 9.17) is 4.74 Å². The van der Waals surface area contributed by atoms with Gasteiger partial charge in [0, 0.05) is 12.4 Å². The molecule has 0 spiro atoms. The fourth-order valence-corrected chi connectivity index (χ4v) is 2.46. The number of likely N-dealkylation sites (N-methyl/N-ethyl adjacent to an activating group) is 1. The van der Waals surface area contributed by atoms with Gasteiger partial charge in [0.05, 0.1) is 19.2 Å². The summed E-state index contributed by atoms with van der Waals surface area (Å²) >= 11 is 1.47. The first-order valence-electron chi connectivity index (χ1n) is 5.92. The highest BCUT2D eigenvalue weighted by atomic mass is 32.1. The van der Waals surface area contributed by atoms with Gasteiger partial charge in [-0.2, -0.15) is 0 Å². The molecule has 0 N–H and O–H groups in total. The summed E-state index contributed by atoms with van der Waals surface area (Å²) < 4.78 is 5.15. The molecule has 2 aromatic rings. The molecule has 100 valence electrons. The van der Waals surface area contributed by atoms with Crippen LogP contribution in [0.2, 0.25) is 0 Å². The van der Waals surface area contributed by atoms with Crippen LogP contribution in [0.3, 0.4) is 0 Å². The summed E-state index contributed by atoms with van der Waals surface area (Å²) in [5, 5.41) is 2.66. The molecule has 0 bridgehead atoms. The Labute approximate surface area is 116 Å². The van der Waals surface area contributed by atoms with E-state index in [9.17, 15) is 4.79 Å². The van der Waals surface area contributed by atoms with Crippen molar-refractivity contribution in [3.63, 3.8) is 0 Å². The second-order valence-electron chi connectivity index (χ2n) is 4.25. The van der Waals surface area contributed by atoms with E-state index in [1.807, 2.05) is 36.6 Å². The number of carbonyl (C=O) groups excluding carboxylic acids is 1. The zero-order chi connectivity index (χ0) is 13.8. The minimum absolute atomic E-state index is 0.0163. The summed E-state index contributed by atoms with van der Waals surface area (Å²) in [6.45, 7) is 1.92. The van der Waals surface area contributed by atoms with Crippen LogP contribution in [0.25, 0.3) is 0 Å². The fraction of sp³-hybridized carbons (Fsp3) is 0.286. The number of hydrogen-bond acceptors (Lipinski definition) is 4. The van der Waals surface area contributed by atoms with Gasteiger partial charge in [0.2, 0.25) is 5.91 Å². The minimum atomic E-state index is 0.0163. The number of amides is 1. The Bertz CT molecular complexity index is 580. The SMILES string of the molecule is COc1cccc(CC(=O)N(C)c2nc(C)cs2)c1. The molecule has 1 aromatic carbocycles. The van der Waals surface area contributed by atoms with E-state index in [-0.39, 0.29) is 5.91 Å². The molecule has 1 amide bonds. The largest absolute Gasteiger partial charge is 0.497 e. The molecule has 0 saturated heterocycles. The van der Waals surface area contributed by atoms with Crippen molar-refractivity contribution < 1.29 is 9.53 Å². The van der Waals surface area contributed by atoms with Gasteiger partial charge in [0.25, 0.3) is 0 Å². The average molecular weight is 276 g/mol. The van der Waals surface area contributed by atoms with E-state index in [2.05, 4.69) is 4.98 Å². The molecule has 1 aromatic heterocycles. The second kappa shape index (κ2) is 5.84. The highest BCUT2D eigenvalue weighted by Gasteiger charge is 2.14. The van der Waals surface area contributed by atoms with Crippen LogP contribution < -0.4 is 9.64 Å². The summed E-state index contributed by atoms with van der Waals surface area (Å²) in [6, 6.07) is 7.54. The van der Waals surface area contributed by atoms with Crippen LogP contribution in [0, 0.1) is 6.92 Å². The smallest absolute Gasteiger partial charge is 0.232 e. The summed E-state index contributed by atoms with van der Waals surface area (Å²) in [7, 11) is 3.37. The third kappa shape index (κ3) is 3.32. The van der Waals surface area contributed by atoms with Crippen molar-refractivity contribution in [2.45, 2.75) is 13.3 Å². The lowest BCUT2D eigenvalue weighted by molar-refractivity contribution is -0.117. The first-order chi connectivity index (χ1) is 9.10. The number of aromatic nitrogens is 1. The summed E-state index contributed by atoms with van der Waals surface area (Å²) in [4.78, 5) is 18.1. The summed E-state index contributed by atoms with van der Waals surface area (Å²) in [6.07, 6.45) is 0.340. The number of methoxy groups -OCH3 is 1. The Morgan fingerprint density at radius 3 is 2.89 bits per heavy atom. The third-order valence-corrected chi connectivity index (χ3v) is 3.79. The van der Waals surface area contributed by atoms with E-state index in [0.717, 1.165) is 22.1 Å². The van der Waals surface area contributed by atoms with Crippen molar-refractivity contribution in [3.8, 4) is 5.75 Å². The molecule has 4 nitrogen and oxygen atoms in total. The van der Waals surface area contributed by atoms with Crippen LogP contribution >= 0.6 is 11.3 Å². The number of nitrogens with zero attached hydrogens (tertiary/aromatic N) is 2. The molecule has 0 saturated carbocycles. The molecule has 5 heteroatoms. The van der Waals surface area contributed by atoms with E-state index >= 15 is 0 Å². The van der Waals surface area contributed by atoms with Gasteiger partial charge in [-0.25, -0.2) is 4.98 Å². The lowest BCUT2D eigenvalue weighted by Gasteiger charge is -2.14. The Hall–Kier alpha value is -1.88. The van der Waals surface area contributed by atoms with Crippen molar-refractivity contribution >= 4 is 22.4 Å². The summed E-state index contributed by atoms with van der Waals surface area (Å²) in [5.41, 5.74) is 1.87. The van der Waals surface area contributed by atoms with Crippen LogP contribution in [0.5, 0.6) is 5.75 Å². The van der Waals surface area contributed by atoms with Crippen molar-refractivity contribution in [3.05, 3.63) is 40.9 Å². The topological polar surface area (TPSA) is 42.4 Å². The van der Waals surface area contributed by atoms with Gasteiger partial charge in [0.15, 0.2) is 5.13 Å². The molecular formula is C14H16N2O2S. The van der Waals surface area contributed by atoms with Crippen molar-refractivity contribution in [2.24, 2.45) is 0 Å². The molecule has 0 aliphatic rings. The summed E-state index contributed by atoms with van der Waals surface area (Å²) in [5.74, 6) is 0.778. The number of rotatable bonds is 4. The lowest BCUT2D eigenvalue weighted by atomic mass is 10.1. The van der Waals surface area contributed by atoms with Crippen LogP contribution in [-0.4, -0.2) is 25.0 Å². The molecule has 19 heavy (non-hydrogen) atoms. The molecule has 0 atom stereocenters. The normalized spacial score (nSPS) is 10.3. The number of benzene rings is 1. The van der Waals surface area contributed by atoms with Gasteiger partial charge in [-0.15, -0.1) is 11.3 Å². The van der Waals surface area contributed by atoms with E-state index in [0.29, 0.717) is 6.42 Å². The molecule has 1 heterocycles. The van der Waals surface area contributed by atoms with Crippen LogP contribution in [0.4, 0.5) is 5.13 Å². The highest BCUT2D eigenvalue weighted by Crippen LogP contribution is 2.20. The zero-order valence-corrected chi connectivity index (χ0v) is 12.0. The number of carbonyl (C=O) groups is 1. The molecule has 0 aliphatic carbocycles. The number of aryl methyl sites for hydroxylation is 1. The molecule has 0 aliphatic heterocycles. The van der Waals surface area contributed by atoms with Crippen LogP contribution in [0.15, 0.2) is 29.6 Å². The van der Waals surface area contributed by atoms with E-state index in [1.54, 1.807) is 19.1 Å². The van der Waals surface area contributed by atoms with Crippen molar-refractivity contribution in [1.29, 1.82) is 0 Å². The maximum absolute atomic E-state index is 12.2. The molecule has 0 fully saturated rings.